The molecule has 4 heteroatoms. The smallest absolute Gasteiger partial charge is 0.258 e. The average molecular weight is 282 g/mol. The number of amides is 1. The summed E-state index contributed by atoms with van der Waals surface area (Å²) in [6, 6.07) is 14.2. The number of nitrogens with one attached hydrogen (secondary N) is 1. The molecule has 3 nitrogen and oxygen atoms in total. The normalized spacial score (nSPS) is 20.9. The highest BCUT2D eigenvalue weighted by atomic mass is 19.1. The molecule has 0 spiro atoms. The van der Waals surface area contributed by atoms with Gasteiger partial charge >= 0.3 is 0 Å². The molecule has 1 atom stereocenters. The average Bonchev–Trinajstić information content (AvgIpc) is 3.32. The van der Waals surface area contributed by atoms with Crippen molar-refractivity contribution >= 4 is 11.6 Å². The summed E-state index contributed by atoms with van der Waals surface area (Å²) in [7, 11) is 0. The van der Waals surface area contributed by atoms with Gasteiger partial charge in [0.1, 0.15) is 12.0 Å². The van der Waals surface area contributed by atoms with Crippen LogP contribution in [0.1, 0.15) is 34.9 Å². The number of rotatable bonds is 2. The molecular weight excluding hydrogens is 267 g/mol. The minimum atomic E-state index is -0.296. The lowest BCUT2D eigenvalue weighted by atomic mass is 10.0. The van der Waals surface area contributed by atoms with E-state index >= 15 is 0 Å². The van der Waals surface area contributed by atoms with Gasteiger partial charge in [0.2, 0.25) is 0 Å². The van der Waals surface area contributed by atoms with Crippen molar-refractivity contribution in [2.24, 2.45) is 0 Å². The number of halogens is 1. The lowest BCUT2D eigenvalue weighted by molar-refractivity contribution is 0.0666. The van der Waals surface area contributed by atoms with Crippen molar-refractivity contribution in [3.63, 3.8) is 0 Å². The summed E-state index contributed by atoms with van der Waals surface area (Å²) in [5.41, 5.74) is 2.29. The first kappa shape index (κ1) is 12.4. The molecule has 1 fully saturated rings. The molecule has 2 aromatic rings. The number of hydrogen-bond donors (Lipinski definition) is 1. The van der Waals surface area contributed by atoms with Crippen molar-refractivity contribution in [3.05, 3.63) is 65.5 Å². The Morgan fingerprint density at radius 1 is 1.10 bits per heavy atom. The summed E-state index contributed by atoms with van der Waals surface area (Å²) in [6.07, 6.45) is 1.73. The zero-order valence-corrected chi connectivity index (χ0v) is 11.4. The van der Waals surface area contributed by atoms with Gasteiger partial charge in [0.15, 0.2) is 0 Å². The number of carbonyl (C=O) groups excluding carboxylic acids is 1. The van der Waals surface area contributed by atoms with Crippen LogP contribution in [0.15, 0.2) is 48.5 Å². The first-order valence-electron chi connectivity index (χ1n) is 7.18. The molecule has 0 unspecified atom stereocenters. The van der Waals surface area contributed by atoms with Crippen LogP contribution >= 0.6 is 0 Å². The minimum absolute atomic E-state index is 0.0288. The summed E-state index contributed by atoms with van der Waals surface area (Å²) in [4.78, 5) is 14.6. The Balaban J connectivity index is 1.80. The molecule has 2 aliphatic rings. The predicted molar refractivity (Wildman–Crippen MR) is 78.4 cm³/mol. The molecule has 1 saturated carbocycles. The van der Waals surface area contributed by atoms with E-state index in [1.165, 1.54) is 12.1 Å². The summed E-state index contributed by atoms with van der Waals surface area (Å²) >= 11 is 0. The van der Waals surface area contributed by atoms with Gasteiger partial charge in [0, 0.05) is 11.7 Å². The maximum Gasteiger partial charge on any atom is 0.258 e. The molecule has 1 aliphatic heterocycles. The Bertz CT molecular complexity index is 711. The van der Waals surface area contributed by atoms with E-state index in [1.54, 1.807) is 6.07 Å². The second-order valence-electron chi connectivity index (χ2n) is 5.59. The van der Waals surface area contributed by atoms with E-state index in [0.29, 0.717) is 5.56 Å². The van der Waals surface area contributed by atoms with Crippen molar-refractivity contribution in [1.29, 1.82) is 0 Å². The number of nitrogens with zero attached hydrogens (tertiary/aromatic N) is 1. The van der Waals surface area contributed by atoms with E-state index in [9.17, 15) is 9.18 Å². The van der Waals surface area contributed by atoms with Crippen LogP contribution in [0, 0.1) is 5.82 Å². The summed E-state index contributed by atoms with van der Waals surface area (Å²) in [5.74, 6) is -0.252. The third-order valence-electron chi connectivity index (χ3n) is 4.07. The van der Waals surface area contributed by atoms with E-state index in [2.05, 4.69) is 5.32 Å². The van der Waals surface area contributed by atoms with E-state index in [-0.39, 0.29) is 23.9 Å². The number of anilines is 1. The summed E-state index contributed by atoms with van der Waals surface area (Å²) < 4.78 is 13.5. The molecule has 21 heavy (non-hydrogen) atoms. The first-order chi connectivity index (χ1) is 10.2. The maximum atomic E-state index is 13.5. The quantitative estimate of drug-likeness (QED) is 0.913. The third kappa shape index (κ3) is 2.07. The van der Waals surface area contributed by atoms with Gasteiger partial charge in [-0.15, -0.1) is 0 Å². The fourth-order valence-corrected chi connectivity index (χ4v) is 2.92. The zero-order valence-electron chi connectivity index (χ0n) is 11.4. The second-order valence-corrected chi connectivity index (χ2v) is 5.59. The van der Waals surface area contributed by atoms with Crippen LogP contribution < -0.4 is 5.32 Å². The van der Waals surface area contributed by atoms with Gasteiger partial charge in [-0.05, 0) is 42.7 Å². The van der Waals surface area contributed by atoms with Gasteiger partial charge in [0.05, 0.1) is 5.56 Å². The maximum absolute atomic E-state index is 13.5. The van der Waals surface area contributed by atoms with Crippen molar-refractivity contribution in [2.45, 2.75) is 25.0 Å². The fourth-order valence-electron chi connectivity index (χ4n) is 2.92. The van der Waals surface area contributed by atoms with E-state index in [4.69, 9.17) is 0 Å². The lowest BCUT2D eigenvalue weighted by Crippen LogP contribution is -2.44. The molecule has 0 bridgehead atoms. The Labute approximate surface area is 122 Å². The van der Waals surface area contributed by atoms with Crippen molar-refractivity contribution < 1.29 is 9.18 Å². The molecule has 0 saturated heterocycles. The lowest BCUT2D eigenvalue weighted by Gasteiger charge is -2.38. The molecule has 1 N–H and O–H groups in total. The molecule has 1 aliphatic carbocycles. The standard InChI is InChI=1S/C17H15FN2O/c18-12-5-3-4-11(10-12)16-19-15-7-2-1-6-14(15)17(21)20(16)13-8-9-13/h1-7,10,13,16,19H,8-9H2/t16-/m0/s1. The minimum Gasteiger partial charge on any atom is -0.361 e. The van der Waals surface area contributed by atoms with Gasteiger partial charge in [-0.1, -0.05) is 24.3 Å². The Morgan fingerprint density at radius 3 is 2.67 bits per heavy atom. The number of para-hydroxylation sites is 1. The van der Waals surface area contributed by atoms with Crippen molar-refractivity contribution in [1.82, 2.24) is 4.90 Å². The first-order valence-corrected chi connectivity index (χ1v) is 7.18. The molecule has 4 rings (SSSR count). The number of carbonyl (C=O) groups is 1. The van der Waals surface area contributed by atoms with Crippen molar-refractivity contribution in [3.8, 4) is 0 Å². The van der Waals surface area contributed by atoms with Crippen LogP contribution in [0.4, 0.5) is 10.1 Å². The molecule has 0 radical (unpaired) electrons. The van der Waals surface area contributed by atoms with Gasteiger partial charge < -0.3 is 10.2 Å². The Hall–Kier alpha value is -2.36. The Kier molecular flexibility index (Phi) is 2.70. The summed E-state index contributed by atoms with van der Waals surface area (Å²) in [5, 5.41) is 3.38. The SMILES string of the molecule is O=C1c2ccccc2N[C@H](c2cccc(F)c2)N1C1CC1. The fraction of sp³-hybridized carbons (Fsp3) is 0.235. The number of benzene rings is 2. The highest BCUT2D eigenvalue weighted by Gasteiger charge is 2.41. The third-order valence-corrected chi connectivity index (χ3v) is 4.07. The molecule has 106 valence electrons. The predicted octanol–water partition coefficient (Wildman–Crippen LogP) is 3.55. The highest BCUT2D eigenvalue weighted by molar-refractivity contribution is 6.02. The van der Waals surface area contributed by atoms with Crippen LogP contribution in [0.3, 0.4) is 0 Å². The highest BCUT2D eigenvalue weighted by Crippen LogP contribution is 2.40. The van der Waals surface area contributed by atoms with Crippen LogP contribution in [-0.2, 0) is 0 Å². The monoisotopic (exact) mass is 282 g/mol. The van der Waals surface area contributed by atoms with Crippen LogP contribution in [0.5, 0.6) is 0 Å². The molecular formula is C17H15FN2O. The zero-order chi connectivity index (χ0) is 14.4. The van der Waals surface area contributed by atoms with Gasteiger partial charge in [0.25, 0.3) is 5.91 Å². The number of hydrogen-bond acceptors (Lipinski definition) is 2. The summed E-state index contributed by atoms with van der Waals surface area (Å²) in [6.45, 7) is 0. The van der Waals surface area contributed by atoms with Crippen LogP contribution in [-0.4, -0.2) is 16.8 Å². The second kappa shape index (κ2) is 4.58. The van der Waals surface area contributed by atoms with E-state index in [0.717, 1.165) is 24.1 Å². The van der Waals surface area contributed by atoms with E-state index in [1.807, 2.05) is 35.2 Å². The van der Waals surface area contributed by atoms with Crippen LogP contribution in [0.2, 0.25) is 0 Å². The van der Waals surface area contributed by atoms with Crippen LogP contribution in [0.25, 0.3) is 0 Å². The Morgan fingerprint density at radius 2 is 1.90 bits per heavy atom. The van der Waals surface area contributed by atoms with Gasteiger partial charge in [-0.3, -0.25) is 4.79 Å². The molecule has 2 aromatic carbocycles. The largest absolute Gasteiger partial charge is 0.361 e. The molecule has 1 amide bonds. The number of fused-ring (bicyclic) bond motifs is 1. The topological polar surface area (TPSA) is 32.3 Å². The van der Waals surface area contributed by atoms with Gasteiger partial charge in [-0.25, -0.2) is 4.39 Å². The molecule has 1 heterocycles. The van der Waals surface area contributed by atoms with E-state index < -0.39 is 0 Å². The molecule has 0 aromatic heterocycles. The van der Waals surface area contributed by atoms with Gasteiger partial charge in [-0.2, -0.15) is 0 Å². The van der Waals surface area contributed by atoms with Crippen molar-refractivity contribution in [2.75, 3.05) is 5.32 Å².